The van der Waals surface area contributed by atoms with Gasteiger partial charge in [-0.05, 0) is 24.3 Å². The summed E-state index contributed by atoms with van der Waals surface area (Å²) in [5, 5.41) is 0. The van der Waals surface area contributed by atoms with E-state index in [9.17, 15) is 18.0 Å². The van der Waals surface area contributed by atoms with Gasteiger partial charge in [-0.2, -0.15) is 8.42 Å². The standard InChI is InChI=1S/C11H8N4O5S/c16-10-8-9(13-5-12-8)14-11(17)15(10)6-1-3-7(4-2-6)21(18,19)20/h1-5H,(H,12,13)(H,14,17)(H,18,19,20). The van der Waals surface area contributed by atoms with Crippen molar-refractivity contribution in [2.75, 3.05) is 0 Å². The Morgan fingerprint density at radius 1 is 1.14 bits per heavy atom. The summed E-state index contributed by atoms with van der Waals surface area (Å²) in [7, 11) is -4.34. The number of aromatic amines is 2. The van der Waals surface area contributed by atoms with E-state index in [0.29, 0.717) is 0 Å². The van der Waals surface area contributed by atoms with Gasteiger partial charge in [0.15, 0.2) is 5.65 Å². The molecular formula is C11H8N4O5S. The zero-order chi connectivity index (χ0) is 15.2. The van der Waals surface area contributed by atoms with Crippen LogP contribution in [0.2, 0.25) is 0 Å². The van der Waals surface area contributed by atoms with Crippen LogP contribution in [0.5, 0.6) is 0 Å². The number of aromatic nitrogens is 4. The fourth-order valence-corrected chi connectivity index (χ4v) is 2.40. The van der Waals surface area contributed by atoms with Crippen LogP contribution >= 0.6 is 0 Å². The largest absolute Gasteiger partial charge is 0.339 e. The number of nitrogens with zero attached hydrogens (tertiary/aromatic N) is 2. The van der Waals surface area contributed by atoms with Crippen molar-refractivity contribution in [2.45, 2.75) is 4.90 Å². The van der Waals surface area contributed by atoms with Gasteiger partial charge in [-0.1, -0.05) is 0 Å². The molecule has 0 bridgehead atoms. The Balaban J connectivity index is 2.26. The van der Waals surface area contributed by atoms with Crippen LogP contribution in [0, 0.1) is 0 Å². The third-order valence-corrected chi connectivity index (χ3v) is 3.75. The molecule has 3 aromatic rings. The molecule has 3 rings (SSSR count). The average molecular weight is 308 g/mol. The van der Waals surface area contributed by atoms with Crippen LogP contribution in [-0.2, 0) is 10.1 Å². The number of fused-ring (bicyclic) bond motifs is 1. The quantitative estimate of drug-likeness (QED) is 0.553. The van der Waals surface area contributed by atoms with Gasteiger partial charge in [0.05, 0.1) is 16.9 Å². The molecule has 0 unspecified atom stereocenters. The first kappa shape index (κ1) is 13.3. The number of benzene rings is 1. The molecule has 0 fully saturated rings. The lowest BCUT2D eigenvalue weighted by molar-refractivity contribution is 0.483. The minimum atomic E-state index is -4.34. The minimum Gasteiger partial charge on any atom is -0.339 e. The fourth-order valence-electron chi connectivity index (χ4n) is 1.91. The summed E-state index contributed by atoms with van der Waals surface area (Å²) in [6, 6.07) is 4.66. The molecule has 9 nitrogen and oxygen atoms in total. The fraction of sp³-hybridized carbons (Fsp3) is 0. The van der Waals surface area contributed by atoms with Crippen molar-refractivity contribution in [3.63, 3.8) is 0 Å². The van der Waals surface area contributed by atoms with Gasteiger partial charge in [-0.3, -0.25) is 14.3 Å². The zero-order valence-electron chi connectivity index (χ0n) is 10.3. The van der Waals surface area contributed by atoms with Crippen LogP contribution in [0.25, 0.3) is 16.9 Å². The molecule has 0 radical (unpaired) electrons. The second-order valence-corrected chi connectivity index (χ2v) is 5.59. The third kappa shape index (κ3) is 2.15. The van der Waals surface area contributed by atoms with Crippen LogP contribution in [0.1, 0.15) is 0 Å². The highest BCUT2D eigenvalue weighted by Crippen LogP contribution is 2.11. The molecule has 0 spiro atoms. The number of nitrogens with one attached hydrogen (secondary N) is 2. The number of hydrogen-bond acceptors (Lipinski definition) is 5. The van der Waals surface area contributed by atoms with E-state index in [0.717, 1.165) is 16.7 Å². The monoisotopic (exact) mass is 308 g/mol. The molecule has 10 heteroatoms. The highest BCUT2D eigenvalue weighted by atomic mass is 32.2. The number of hydrogen-bond donors (Lipinski definition) is 3. The first-order valence-electron chi connectivity index (χ1n) is 5.64. The van der Waals surface area contributed by atoms with Crippen LogP contribution in [0.15, 0.2) is 45.1 Å². The van der Waals surface area contributed by atoms with E-state index in [-0.39, 0.29) is 21.7 Å². The Kier molecular flexibility index (Phi) is 2.78. The maximum absolute atomic E-state index is 12.2. The number of imidazole rings is 1. The van der Waals surface area contributed by atoms with Gasteiger partial charge in [0, 0.05) is 0 Å². The predicted molar refractivity (Wildman–Crippen MR) is 72.1 cm³/mol. The molecule has 0 atom stereocenters. The van der Waals surface area contributed by atoms with Crippen molar-refractivity contribution < 1.29 is 13.0 Å². The van der Waals surface area contributed by atoms with Gasteiger partial charge in [0.1, 0.15) is 5.52 Å². The van der Waals surface area contributed by atoms with E-state index >= 15 is 0 Å². The van der Waals surface area contributed by atoms with E-state index < -0.39 is 21.4 Å². The first-order chi connectivity index (χ1) is 9.88. The van der Waals surface area contributed by atoms with E-state index in [2.05, 4.69) is 15.0 Å². The van der Waals surface area contributed by atoms with E-state index in [4.69, 9.17) is 4.55 Å². The molecular weight excluding hydrogens is 300 g/mol. The second-order valence-electron chi connectivity index (χ2n) is 4.17. The van der Waals surface area contributed by atoms with Crippen molar-refractivity contribution in [2.24, 2.45) is 0 Å². The normalized spacial score (nSPS) is 11.9. The number of rotatable bonds is 2. The topological polar surface area (TPSA) is 138 Å². The number of H-pyrrole nitrogens is 2. The van der Waals surface area contributed by atoms with Gasteiger partial charge in [-0.15, -0.1) is 0 Å². The summed E-state index contributed by atoms with van der Waals surface area (Å²) in [5.41, 5.74) is -0.917. The second kappa shape index (κ2) is 4.40. The van der Waals surface area contributed by atoms with Crippen molar-refractivity contribution >= 4 is 21.3 Å². The van der Waals surface area contributed by atoms with Crippen molar-refractivity contribution in [1.29, 1.82) is 0 Å². The molecule has 108 valence electrons. The smallest absolute Gasteiger partial charge is 0.334 e. The van der Waals surface area contributed by atoms with E-state index in [1.54, 1.807) is 0 Å². The third-order valence-electron chi connectivity index (χ3n) is 2.88. The van der Waals surface area contributed by atoms with Crippen LogP contribution in [-0.4, -0.2) is 32.5 Å². The molecule has 2 aromatic heterocycles. The molecule has 0 saturated carbocycles. The highest BCUT2D eigenvalue weighted by Gasteiger charge is 2.13. The van der Waals surface area contributed by atoms with Crippen molar-refractivity contribution in [3.8, 4) is 5.69 Å². The highest BCUT2D eigenvalue weighted by molar-refractivity contribution is 7.85. The van der Waals surface area contributed by atoms with Crippen LogP contribution < -0.4 is 11.2 Å². The van der Waals surface area contributed by atoms with Gasteiger partial charge in [-0.25, -0.2) is 14.3 Å². The minimum absolute atomic E-state index is 0.119. The molecule has 21 heavy (non-hydrogen) atoms. The average Bonchev–Trinajstić information content (AvgIpc) is 2.86. The molecule has 0 saturated heterocycles. The summed E-state index contributed by atoms with van der Waals surface area (Å²) in [4.78, 5) is 32.6. The first-order valence-corrected chi connectivity index (χ1v) is 7.08. The molecule has 0 amide bonds. The maximum Gasteiger partial charge on any atom is 0.334 e. The van der Waals surface area contributed by atoms with E-state index in [1.807, 2.05) is 0 Å². The lowest BCUT2D eigenvalue weighted by Gasteiger charge is -2.05. The summed E-state index contributed by atoms with van der Waals surface area (Å²) < 4.78 is 31.6. The van der Waals surface area contributed by atoms with E-state index in [1.165, 1.54) is 18.5 Å². The van der Waals surface area contributed by atoms with Gasteiger partial charge in [0.25, 0.3) is 15.7 Å². The Morgan fingerprint density at radius 2 is 1.81 bits per heavy atom. The summed E-state index contributed by atoms with van der Waals surface area (Å²) in [6.45, 7) is 0. The Bertz CT molecular complexity index is 1040. The van der Waals surface area contributed by atoms with Crippen molar-refractivity contribution in [1.82, 2.24) is 19.5 Å². The summed E-state index contributed by atoms with van der Waals surface area (Å²) >= 11 is 0. The Labute approximate surface area is 116 Å². The van der Waals surface area contributed by atoms with Gasteiger partial charge < -0.3 is 4.98 Å². The van der Waals surface area contributed by atoms with Gasteiger partial charge >= 0.3 is 5.69 Å². The lowest BCUT2D eigenvalue weighted by Crippen LogP contribution is -2.33. The molecule has 0 aliphatic rings. The lowest BCUT2D eigenvalue weighted by atomic mass is 10.3. The van der Waals surface area contributed by atoms with Gasteiger partial charge in [0.2, 0.25) is 0 Å². The molecule has 1 aromatic carbocycles. The zero-order valence-corrected chi connectivity index (χ0v) is 11.1. The molecule has 3 N–H and O–H groups in total. The molecule has 2 heterocycles. The predicted octanol–water partition coefficient (Wildman–Crippen LogP) is -0.351. The Morgan fingerprint density at radius 3 is 2.43 bits per heavy atom. The molecule has 0 aliphatic heterocycles. The SMILES string of the molecule is O=c1[nH]c2nc[nH]c2c(=O)n1-c1ccc(S(=O)(=O)O)cc1. The Hall–Kier alpha value is -2.72. The van der Waals surface area contributed by atoms with Crippen molar-refractivity contribution in [3.05, 3.63) is 51.4 Å². The van der Waals surface area contributed by atoms with Crippen LogP contribution in [0.3, 0.4) is 0 Å². The summed E-state index contributed by atoms with van der Waals surface area (Å²) in [6.07, 6.45) is 1.27. The summed E-state index contributed by atoms with van der Waals surface area (Å²) in [5.74, 6) is 0. The maximum atomic E-state index is 12.2. The van der Waals surface area contributed by atoms with Crippen LogP contribution in [0.4, 0.5) is 0 Å². The molecule has 0 aliphatic carbocycles.